The minimum atomic E-state index is 0.626. The molecular weight excluding hydrogens is 242 g/mol. The Morgan fingerprint density at radius 3 is 3.11 bits per heavy atom. The monoisotopic (exact) mass is 267 g/mol. The average Bonchev–Trinajstić information content (AvgIpc) is 2.82. The summed E-state index contributed by atoms with van der Waals surface area (Å²) in [6, 6.07) is 0.626. The average molecular weight is 267 g/mol. The molecule has 0 spiro atoms. The van der Waals surface area contributed by atoms with E-state index in [-0.39, 0.29) is 0 Å². The van der Waals surface area contributed by atoms with Crippen LogP contribution in [0.25, 0.3) is 0 Å². The Hall–Kier alpha value is -0.610. The molecule has 3 nitrogen and oxygen atoms in total. The molecule has 0 bridgehead atoms. The predicted octanol–water partition coefficient (Wildman–Crippen LogP) is 3.27. The fourth-order valence-electron chi connectivity index (χ4n) is 2.51. The van der Waals surface area contributed by atoms with Crippen molar-refractivity contribution >= 4 is 16.5 Å². The maximum Gasteiger partial charge on any atom is 0.185 e. The molecule has 1 saturated heterocycles. The lowest BCUT2D eigenvalue weighted by Gasteiger charge is -2.37. The second-order valence-corrected chi connectivity index (χ2v) is 6.43. The van der Waals surface area contributed by atoms with Crippen molar-refractivity contribution in [1.82, 2.24) is 10.3 Å². The Morgan fingerprint density at radius 2 is 2.33 bits per heavy atom. The summed E-state index contributed by atoms with van der Waals surface area (Å²) in [5.41, 5.74) is 0. The summed E-state index contributed by atoms with van der Waals surface area (Å²) in [5.74, 6) is 0.782. The third kappa shape index (κ3) is 3.23. The molecule has 18 heavy (non-hydrogen) atoms. The molecule has 102 valence electrons. The zero-order valence-corrected chi connectivity index (χ0v) is 12.6. The lowest BCUT2D eigenvalue weighted by Crippen LogP contribution is -2.42. The maximum atomic E-state index is 4.61. The lowest BCUT2D eigenvalue weighted by molar-refractivity contribution is 0.363. The molecule has 0 aromatic carbocycles. The first-order chi connectivity index (χ1) is 8.72. The maximum absolute atomic E-state index is 4.61. The van der Waals surface area contributed by atoms with Gasteiger partial charge < -0.3 is 10.2 Å². The van der Waals surface area contributed by atoms with E-state index in [2.05, 4.69) is 36.0 Å². The summed E-state index contributed by atoms with van der Waals surface area (Å²) in [7, 11) is 0. The first-order valence-electron chi connectivity index (χ1n) is 7.14. The number of hydrogen-bond donors (Lipinski definition) is 1. The molecule has 1 aliphatic heterocycles. The van der Waals surface area contributed by atoms with Crippen LogP contribution < -0.4 is 10.2 Å². The molecule has 0 amide bonds. The Balaban J connectivity index is 1.96. The Kier molecular flexibility index (Phi) is 5.01. The van der Waals surface area contributed by atoms with Gasteiger partial charge in [0.2, 0.25) is 0 Å². The van der Waals surface area contributed by atoms with E-state index >= 15 is 0 Å². The molecule has 0 radical (unpaired) electrons. The highest BCUT2D eigenvalue weighted by molar-refractivity contribution is 7.15. The molecule has 1 aromatic heterocycles. The SMILES string of the molecule is CCCNCc1cnc(N2CCCC(C)C2C)s1. The van der Waals surface area contributed by atoms with Crippen molar-refractivity contribution in [3.05, 3.63) is 11.1 Å². The molecule has 1 aromatic rings. The third-order valence-electron chi connectivity index (χ3n) is 3.89. The number of thiazole rings is 1. The van der Waals surface area contributed by atoms with Gasteiger partial charge in [0.1, 0.15) is 0 Å². The van der Waals surface area contributed by atoms with Crippen LogP contribution in [-0.4, -0.2) is 24.1 Å². The molecule has 1 fully saturated rings. The van der Waals surface area contributed by atoms with Gasteiger partial charge >= 0.3 is 0 Å². The summed E-state index contributed by atoms with van der Waals surface area (Å²) in [5, 5.41) is 4.65. The Morgan fingerprint density at radius 1 is 1.50 bits per heavy atom. The number of nitrogens with zero attached hydrogens (tertiary/aromatic N) is 2. The van der Waals surface area contributed by atoms with Crippen molar-refractivity contribution in [2.75, 3.05) is 18.0 Å². The van der Waals surface area contributed by atoms with Gasteiger partial charge in [-0.1, -0.05) is 13.8 Å². The van der Waals surface area contributed by atoms with Crippen LogP contribution in [0.3, 0.4) is 0 Å². The van der Waals surface area contributed by atoms with Crippen LogP contribution in [-0.2, 0) is 6.54 Å². The Labute approximate surface area is 115 Å². The quantitative estimate of drug-likeness (QED) is 0.830. The van der Waals surface area contributed by atoms with Crippen molar-refractivity contribution in [2.45, 2.75) is 52.6 Å². The number of nitrogens with one attached hydrogen (secondary N) is 1. The molecule has 0 aliphatic carbocycles. The summed E-state index contributed by atoms with van der Waals surface area (Å²) in [4.78, 5) is 8.45. The second-order valence-electron chi connectivity index (χ2n) is 5.34. The minimum Gasteiger partial charge on any atom is -0.345 e. The van der Waals surface area contributed by atoms with E-state index in [0.29, 0.717) is 6.04 Å². The molecule has 0 saturated carbocycles. The van der Waals surface area contributed by atoms with Gasteiger partial charge in [-0.3, -0.25) is 0 Å². The van der Waals surface area contributed by atoms with Crippen molar-refractivity contribution in [2.24, 2.45) is 5.92 Å². The fraction of sp³-hybridized carbons (Fsp3) is 0.786. The Bertz CT molecular complexity index is 364. The molecule has 2 unspecified atom stereocenters. The zero-order chi connectivity index (χ0) is 13.0. The zero-order valence-electron chi connectivity index (χ0n) is 11.8. The van der Waals surface area contributed by atoms with Crippen molar-refractivity contribution in [3.63, 3.8) is 0 Å². The van der Waals surface area contributed by atoms with E-state index in [1.54, 1.807) is 0 Å². The highest BCUT2D eigenvalue weighted by atomic mass is 32.1. The van der Waals surface area contributed by atoms with Gasteiger partial charge in [-0.05, 0) is 38.6 Å². The number of rotatable bonds is 5. The van der Waals surface area contributed by atoms with Crippen LogP contribution in [0.4, 0.5) is 5.13 Å². The topological polar surface area (TPSA) is 28.2 Å². The van der Waals surface area contributed by atoms with Gasteiger partial charge in [0.05, 0.1) is 0 Å². The molecule has 2 atom stereocenters. The smallest absolute Gasteiger partial charge is 0.185 e. The first-order valence-corrected chi connectivity index (χ1v) is 7.96. The highest BCUT2D eigenvalue weighted by Crippen LogP contribution is 2.31. The molecule has 1 aliphatic rings. The largest absolute Gasteiger partial charge is 0.345 e. The van der Waals surface area contributed by atoms with Gasteiger partial charge in [-0.25, -0.2) is 4.98 Å². The van der Waals surface area contributed by atoms with Gasteiger partial charge in [-0.15, -0.1) is 11.3 Å². The summed E-state index contributed by atoms with van der Waals surface area (Å²) in [6.07, 6.45) is 5.88. The number of hydrogen-bond acceptors (Lipinski definition) is 4. The summed E-state index contributed by atoms with van der Waals surface area (Å²) in [6.45, 7) is 10.1. The number of piperidine rings is 1. The van der Waals surface area contributed by atoms with E-state index in [4.69, 9.17) is 0 Å². The van der Waals surface area contributed by atoms with Crippen LogP contribution in [0.1, 0.15) is 44.9 Å². The summed E-state index contributed by atoms with van der Waals surface area (Å²) >= 11 is 1.85. The minimum absolute atomic E-state index is 0.626. The van der Waals surface area contributed by atoms with Crippen LogP contribution in [0.5, 0.6) is 0 Å². The van der Waals surface area contributed by atoms with E-state index in [1.807, 2.05) is 17.5 Å². The normalized spacial score (nSPS) is 24.5. The second kappa shape index (κ2) is 6.53. The van der Waals surface area contributed by atoms with Gasteiger partial charge in [0, 0.05) is 30.2 Å². The van der Waals surface area contributed by atoms with Crippen LogP contribution in [0, 0.1) is 5.92 Å². The summed E-state index contributed by atoms with van der Waals surface area (Å²) < 4.78 is 0. The van der Waals surface area contributed by atoms with Crippen LogP contribution in [0.2, 0.25) is 0 Å². The van der Waals surface area contributed by atoms with Crippen molar-refractivity contribution < 1.29 is 0 Å². The van der Waals surface area contributed by atoms with E-state index < -0.39 is 0 Å². The van der Waals surface area contributed by atoms with Crippen molar-refractivity contribution in [3.8, 4) is 0 Å². The molecule has 2 rings (SSSR count). The van der Waals surface area contributed by atoms with Crippen LogP contribution in [0.15, 0.2) is 6.20 Å². The fourth-order valence-corrected chi connectivity index (χ4v) is 3.50. The van der Waals surface area contributed by atoms with E-state index in [9.17, 15) is 0 Å². The van der Waals surface area contributed by atoms with Crippen LogP contribution >= 0.6 is 11.3 Å². The van der Waals surface area contributed by atoms with Gasteiger partial charge in [-0.2, -0.15) is 0 Å². The standard InChI is InChI=1S/C14H25N3S/c1-4-7-15-9-13-10-16-14(18-13)17-8-5-6-11(2)12(17)3/h10-12,15H,4-9H2,1-3H3. The first kappa shape index (κ1) is 13.8. The van der Waals surface area contributed by atoms with E-state index in [0.717, 1.165) is 19.0 Å². The molecule has 4 heteroatoms. The number of aromatic nitrogens is 1. The third-order valence-corrected chi connectivity index (χ3v) is 4.92. The van der Waals surface area contributed by atoms with Gasteiger partial charge in [0.25, 0.3) is 0 Å². The van der Waals surface area contributed by atoms with E-state index in [1.165, 1.54) is 35.8 Å². The molecular formula is C14H25N3S. The predicted molar refractivity (Wildman–Crippen MR) is 79.3 cm³/mol. The molecule has 1 N–H and O–H groups in total. The number of anilines is 1. The van der Waals surface area contributed by atoms with Crippen molar-refractivity contribution in [1.29, 1.82) is 0 Å². The van der Waals surface area contributed by atoms with Gasteiger partial charge in [0.15, 0.2) is 5.13 Å². The molecule has 2 heterocycles. The highest BCUT2D eigenvalue weighted by Gasteiger charge is 2.26. The lowest BCUT2D eigenvalue weighted by atomic mass is 9.93.